The first-order chi connectivity index (χ1) is 7.08. The predicted octanol–water partition coefficient (Wildman–Crippen LogP) is 1.69. The number of amides is 1. The van der Waals surface area contributed by atoms with Crippen LogP contribution in [0.2, 0.25) is 5.02 Å². The van der Waals surface area contributed by atoms with Crippen LogP contribution in [0.3, 0.4) is 0 Å². The summed E-state index contributed by atoms with van der Waals surface area (Å²) in [5.41, 5.74) is 6.18. The van der Waals surface area contributed by atoms with Gasteiger partial charge in [0.1, 0.15) is 0 Å². The van der Waals surface area contributed by atoms with Gasteiger partial charge in [-0.2, -0.15) is 0 Å². The summed E-state index contributed by atoms with van der Waals surface area (Å²) in [7, 11) is 0. The second kappa shape index (κ2) is 5.73. The van der Waals surface area contributed by atoms with E-state index < -0.39 is 0 Å². The molecule has 82 valence electrons. The Bertz CT molecular complexity index is 341. The summed E-state index contributed by atoms with van der Waals surface area (Å²) in [5.74, 6) is -0.291. The number of nitrogens with one attached hydrogen (secondary N) is 1. The van der Waals surface area contributed by atoms with Crippen molar-refractivity contribution in [2.75, 3.05) is 0 Å². The third kappa shape index (κ3) is 4.81. The first kappa shape index (κ1) is 12.0. The second-order valence-electron chi connectivity index (χ2n) is 3.58. The van der Waals surface area contributed by atoms with E-state index >= 15 is 0 Å². The molecular weight excluding hydrogens is 212 g/mol. The maximum absolute atomic E-state index is 10.6. The number of carbonyl (C=O) groups is 1. The number of carbonyl (C=O) groups excluding carboxylic acids is 1. The largest absolute Gasteiger partial charge is 0.370 e. The van der Waals surface area contributed by atoms with Crippen molar-refractivity contribution < 1.29 is 4.79 Å². The summed E-state index contributed by atoms with van der Waals surface area (Å²) in [6.07, 6.45) is 0.348. The maximum atomic E-state index is 10.6. The monoisotopic (exact) mass is 226 g/mol. The zero-order valence-electron chi connectivity index (χ0n) is 8.66. The molecule has 0 heterocycles. The minimum absolute atomic E-state index is 0.0847. The van der Waals surface area contributed by atoms with E-state index in [9.17, 15) is 4.79 Å². The third-order valence-corrected chi connectivity index (χ3v) is 2.29. The second-order valence-corrected chi connectivity index (χ2v) is 4.02. The lowest BCUT2D eigenvalue weighted by atomic mass is 10.2. The highest BCUT2D eigenvalue weighted by Gasteiger charge is 2.04. The Morgan fingerprint density at radius 2 is 2.33 bits per heavy atom. The fourth-order valence-electron chi connectivity index (χ4n) is 1.31. The van der Waals surface area contributed by atoms with E-state index in [1.165, 1.54) is 0 Å². The van der Waals surface area contributed by atoms with Gasteiger partial charge in [0.15, 0.2) is 0 Å². The Balaban J connectivity index is 2.40. The molecule has 3 N–H and O–H groups in total. The van der Waals surface area contributed by atoms with Gasteiger partial charge in [-0.1, -0.05) is 23.7 Å². The molecule has 0 aliphatic rings. The topological polar surface area (TPSA) is 55.1 Å². The van der Waals surface area contributed by atoms with E-state index in [2.05, 4.69) is 5.32 Å². The van der Waals surface area contributed by atoms with Crippen molar-refractivity contribution in [1.82, 2.24) is 5.32 Å². The molecule has 15 heavy (non-hydrogen) atoms. The van der Waals surface area contributed by atoms with Crippen LogP contribution in [0, 0.1) is 0 Å². The lowest BCUT2D eigenvalue weighted by Crippen LogP contribution is -2.30. The normalized spacial score (nSPS) is 12.4. The Kier molecular flexibility index (Phi) is 4.59. The Morgan fingerprint density at radius 3 is 2.93 bits per heavy atom. The molecule has 1 rings (SSSR count). The molecule has 3 nitrogen and oxygen atoms in total. The number of benzene rings is 1. The Labute approximate surface area is 94.6 Å². The van der Waals surface area contributed by atoms with Crippen LogP contribution in [0.5, 0.6) is 0 Å². The van der Waals surface area contributed by atoms with Crippen molar-refractivity contribution in [3.05, 3.63) is 34.9 Å². The predicted molar refractivity (Wildman–Crippen MR) is 61.6 cm³/mol. The molecule has 0 radical (unpaired) electrons. The third-order valence-electron chi connectivity index (χ3n) is 2.05. The Hall–Kier alpha value is -1.06. The molecule has 1 aromatic carbocycles. The maximum Gasteiger partial charge on any atom is 0.218 e. The zero-order valence-corrected chi connectivity index (χ0v) is 9.42. The average molecular weight is 227 g/mol. The molecule has 0 saturated carbocycles. The van der Waals surface area contributed by atoms with Gasteiger partial charge in [-0.3, -0.25) is 4.79 Å². The van der Waals surface area contributed by atoms with E-state index in [1.807, 2.05) is 31.2 Å². The van der Waals surface area contributed by atoms with Crippen LogP contribution in [0.4, 0.5) is 0 Å². The van der Waals surface area contributed by atoms with E-state index in [0.717, 1.165) is 10.6 Å². The Morgan fingerprint density at radius 1 is 1.60 bits per heavy atom. The summed E-state index contributed by atoms with van der Waals surface area (Å²) in [5, 5.41) is 3.92. The first-order valence-corrected chi connectivity index (χ1v) is 5.22. The van der Waals surface area contributed by atoms with Gasteiger partial charge in [-0.05, 0) is 24.6 Å². The van der Waals surface area contributed by atoms with Gasteiger partial charge in [0, 0.05) is 24.0 Å². The molecule has 0 bridgehead atoms. The lowest BCUT2D eigenvalue weighted by Gasteiger charge is -2.11. The number of nitrogens with two attached hydrogens (primary N) is 1. The van der Waals surface area contributed by atoms with Crippen molar-refractivity contribution in [1.29, 1.82) is 0 Å². The van der Waals surface area contributed by atoms with Gasteiger partial charge in [0.05, 0.1) is 0 Å². The zero-order chi connectivity index (χ0) is 11.3. The average Bonchev–Trinajstić information content (AvgIpc) is 2.14. The molecule has 1 amide bonds. The molecule has 0 saturated heterocycles. The standard InChI is InChI=1S/C11H15ClN2O/c1-8(5-11(13)15)14-7-9-3-2-4-10(12)6-9/h2-4,6,8,14H,5,7H2,1H3,(H2,13,15). The van der Waals surface area contributed by atoms with E-state index in [1.54, 1.807) is 0 Å². The molecule has 0 spiro atoms. The number of hydrogen-bond donors (Lipinski definition) is 2. The van der Waals surface area contributed by atoms with Crippen molar-refractivity contribution in [2.45, 2.75) is 25.9 Å². The molecule has 0 aliphatic heterocycles. The number of primary amides is 1. The summed E-state index contributed by atoms with van der Waals surface area (Å²) in [6.45, 7) is 2.62. The fourth-order valence-corrected chi connectivity index (χ4v) is 1.53. The molecule has 0 aliphatic carbocycles. The highest BCUT2D eigenvalue weighted by Crippen LogP contribution is 2.10. The van der Waals surface area contributed by atoms with Crippen molar-refractivity contribution in [3.63, 3.8) is 0 Å². The van der Waals surface area contributed by atoms with Crippen LogP contribution in [-0.4, -0.2) is 11.9 Å². The summed E-state index contributed by atoms with van der Waals surface area (Å²) < 4.78 is 0. The van der Waals surface area contributed by atoms with Gasteiger partial charge in [-0.15, -0.1) is 0 Å². The van der Waals surface area contributed by atoms with Crippen molar-refractivity contribution >= 4 is 17.5 Å². The van der Waals surface area contributed by atoms with E-state index in [0.29, 0.717) is 13.0 Å². The van der Waals surface area contributed by atoms with E-state index in [4.69, 9.17) is 17.3 Å². The smallest absolute Gasteiger partial charge is 0.218 e. The van der Waals surface area contributed by atoms with Crippen LogP contribution in [0.1, 0.15) is 18.9 Å². The van der Waals surface area contributed by atoms with Crippen LogP contribution in [-0.2, 0) is 11.3 Å². The number of hydrogen-bond acceptors (Lipinski definition) is 2. The fraction of sp³-hybridized carbons (Fsp3) is 0.364. The quantitative estimate of drug-likeness (QED) is 0.803. The van der Waals surface area contributed by atoms with Crippen LogP contribution >= 0.6 is 11.6 Å². The molecule has 4 heteroatoms. The number of halogens is 1. The number of rotatable bonds is 5. The van der Waals surface area contributed by atoms with Crippen molar-refractivity contribution in [2.24, 2.45) is 5.73 Å². The lowest BCUT2D eigenvalue weighted by molar-refractivity contribution is -0.118. The van der Waals surface area contributed by atoms with Gasteiger partial charge < -0.3 is 11.1 Å². The highest BCUT2D eigenvalue weighted by atomic mass is 35.5. The molecule has 1 aromatic rings. The van der Waals surface area contributed by atoms with Crippen LogP contribution in [0.25, 0.3) is 0 Å². The van der Waals surface area contributed by atoms with Gasteiger partial charge in [0.2, 0.25) is 5.91 Å². The molecule has 0 aromatic heterocycles. The molecule has 1 unspecified atom stereocenters. The molecule has 1 atom stereocenters. The molecular formula is C11H15ClN2O. The van der Waals surface area contributed by atoms with Crippen LogP contribution < -0.4 is 11.1 Å². The molecule has 0 fully saturated rings. The minimum Gasteiger partial charge on any atom is -0.370 e. The summed E-state index contributed by atoms with van der Waals surface area (Å²) >= 11 is 5.84. The van der Waals surface area contributed by atoms with Crippen molar-refractivity contribution in [3.8, 4) is 0 Å². The SMILES string of the molecule is CC(CC(N)=O)NCc1cccc(Cl)c1. The highest BCUT2D eigenvalue weighted by molar-refractivity contribution is 6.30. The first-order valence-electron chi connectivity index (χ1n) is 4.84. The summed E-state index contributed by atoms with van der Waals surface area (Å²) in [4.78, 5) is 10.6. The summed E-state index contributed by atoms with van der Waals surface area (Å²) in [6, 6.07) is 7.69. The van der Waals surface area contributed by atoms with Gasteiger partial charge >= 0.3 is 0 Å². The van der Waals surface area contributed by atoms with E-state index in [-0.39, 0.29) is 11.9 Å². The minimum atomic E-state index is -0.291. The van der Waals surface area contributed by atoms with Gasteiger partial charge in [-0.25, -0.2) is 0 Å². The van der Waals surface area contributed by atoms with Crippen LogP contribution in [0.15, 0.2) is 24.3 Å². The van der Waals surface area contributed by atoms with Gasteiger partial charge in [0.25, 0.3) is 0 Å².